The zero-order valence-electron chi connectivity index (χ0n) is 9.50. The van der Waals surface area contributed by atoms with E-state index in [9.17, 15) is 5.11 Å². The maximum absolute atomic E-state index is 9.98. The number of aliphatic hydroxyl groups excluding tert-OH is 1. The highest BCUT2D eigenvalue weighted by Crippen LogP contribution is 2.22. The fourth-order valence-corrected chi connectivity index (χ4v) is 2.03. The molecule has 1 aliphatic rings. The number of hydrogen-bond donors (Lipinski definition) is 2. The minimum Gasteiger partial charge on any atom is -0.388 e. The summed E-state index contributed by atoms with van der Waals surface area (Å²) in [7, 11) is 0. The van der Waals surface area contributed by atoms with Crippen molar-refractivity contribution in [1.82, 2.24) is 9.97 Å². The maximum Gasteiger partial charge on any atom is 0.144 e. The van der Waals surface area contributed by atoms with E-state index >= 15 is 0 Å². The van der Waals surface area contributed by atoms with Gasteiger partial charge in [-0.2, -0.15) is 0 Å². The molecule has 5 heteroatoms. The van der Waals surface area contributed by atoms with Crippen molar-refractivity contribution in [1.29, 1.82) is 0 Å². The van der Waals surface area contributed by atoms with Crippen LogP contribution in [-0.4, -0.2) is 39.4 Å². The van der Waals surface area contributed by atoms with Crippen molar-refractivity contribution in [2.24, 2.45) is 0 Å². The Bertz CT molecular complexity index is 333. The van der Waals surface area contributed by atoms with Crippen LogP contribution >= 0.6 is 0 Å². The Morgan fingerprint density at radius 1 is 1.44 bits per heavy atom. The number of nitrogens with one attached hydrogen (secondary N) is 1. The van der Waals surface area contributed by atoms with Crippen molar-refractivity contribution in [3.8, 4) is 0 Å². The number of aromatic nitrogens is 2. The molecule has 1 saturated heterocycles. The second-order valence-corrected chi connectivity index (χ2v) is 4.22. The second-order valence-electron chi connectivity index (χ2n) is 4.22. The van der Waals surface area contributed by atoms with Gasteiger partial charge in [-0.1, -0.05) is 0 Å². The van der Waals surface area contributed by atoms with Crippen LogP contribution in [-0.2, 0) is 4.74 Å². The largest absolute Gasteiger partial charge is 0.388 e. The van der Waals surface area contributed by atoms with Crippen molar-refractivity contribution >= 4 is 5.82 Å². The molecule has 2 unspecified atom stereocenters. The molecule has 0 bridgehead atoms. The number of rotatable bonds is 2. The fraction of sp³-hybridized carbons (Fsp3) is 0.636. The molecule has 1 aliphatic heterocycles. The van der Waals surface area contributed by atoms with E-state index in [2.05, 4.69) is 15.3 Å². The summed E-state index contributed by atoms with van der Waals surface area (Å²) in [5.41, 5.74) is 0. The molecule has 0 aromatic carbocycles. The zero-order chi connectivity index (χ0) is 11.5. The van der Waals surface area contributed by atoms with Gasteiger partial charge < -0.3 is 15.2 Å². The standard InChI is InChI=1S/C11H17N3O2/c1-7-5-9(11(15)8(2)16-7)14-10-6-12-3-4-13-10/h3-4,6-9,11,15H,5H2,1-2H3,(H,13,14)/t7-,8+,9?,11?/m1/s1. The number of nitrogens with zero attached hydrogens (tertiary/aromatic N) is 2. The van der Waals surface area contributed by atoms with Crippen LogP contribution in [0, 0.1) is 0 Å². The van der Waals surface area contributed by atoms with E-state index in [-0.39, 0.29) is 18.2 Å². The number of hydrogen-bond acceptors (Lipinski definition) is 5. The van der Waals surface area contributed by atoms with E-state index in [1.54, 1.807) is 18.6 Å². The molecule has 0 radical (unpaired) electrons. The van der Waals surface area contributed by atoms with E-state index in [4.69, 9.17) is 4.74 Å². The van der Waals surface area contributed by atoms with E-state index in [1.165, 1.54) is 0 Å². The average molecular weight is 223 g/mol. The van der Waals surface area contributed by atoms with Crippen LogP contribution < -0.4 is 5.32 Å². The predicted octanol–water partition coefficient (Wildman–Crippen LogP) is 0.815. The second kappa shape index (κ2) is 4.76. The van der Waals surface area contributed by atoms with Crippen molar-refractivity contribution in [3.05, 3.63) is 18.6 Å². The van der Waals surface area contributed by atoms with Crippen molar-refractivity contribution in [3.63, 3.8) is 0 Å². The molecule has 16 heavy (non-hydrogen) atoms. The lowest BCUT2D eigenvalue weighted by molar-refractivity contribution is -0.107. The first-order valence-corrected chi connectivity index (χ1v) is 5.53. The van der Waals surface area contributed by atoms with E-state index in [0.29, 0.717) is 5.82 Å². The third-order valence-electron chi connectivity index (χ3n) is 2.82. The van der Waals surface area contributed by atoms with Gasteiger partial charge >= 0.3 is 0 Å². The van der Waals surface area contributed by atoms with Gasteiger partial charge in [0.25, 0.3) is 0 Å². The number of aliphatic hydroxyl groups is 1. The lowest BCUT2D eigenvalue weighted by Crippen LogP contribution is -2.49. The molecule has 1 aromatic heterocycles. The van der Waals surface area contributed by atoms with E-state index in [0.717, 1.165) is 6.42 Å². The summed E-state index contributed by atoms with van der Waals surface area (Å²) < 4.78 is 5.54. The van der Waals surface area contributed by atoms with Crippen LogP contribution in [0.1, 0.15) is 20.3 Å². The van der Waals surface area contributed by atoms with Crippen LogP contribution in [0.3, 0.4) is 0 Å². The van der Waals surface area contributed by atoms with Gasteiger partial charge in [-0.15, -0.1) is 0 Å². The summed E-state index contributed by atoms with van der Waals surface area (Å²) in [6.45, 7) is 3.89. The van der Waals surface area contributed by atoms with Gasteiger partial charge in [-0.25, -0.2) is 4.98 Å². The lowest BCUT2D eigenvalue weighted by atomic mass is 9.97. The first kappa shape index (κ1) is 11.3. The van der Waals surface area contributed by atoms with E-state index < -0.39 is 6.10 Å². The van der Waals surface area contributed by atoms with Gasteiger partial charge in [0.2, 0.25) is 0 Å². The predicted molar refractivity (Wildman–Crippen MR) is 60.1 cm³/mol. The summed E-state index contributed by atoms with van der Waals surface area (Å²) in [4.78, 5) is 8.11. The van der Waals surface area contributed by atoms with Gasteiger partial charge in [0.1, 0.15) is 11.9 Å². The summed E-state index contributed by atoms with van der Waals surface area (Å²) in [6, 6.07) is -0.0320. The van der Waals surface area contributed by atoms with E-state index in [1.807, 2.05) is 13.8 Å². The lowest BCUT2D eigenvalue weighted by Gasteiger charge is -2.37. The van der Waals surface area contributed by atoms with Gasteiger partial charge in [0.15, 0.2) is 0 Å². The van der Waals surface area contributed by atoms with Crippen LogP contribution in [0.2, 0.25) is 0 Å². The fourth-order valence-electron chi connectivity index (χ4n) is 2.03. The molecule has 88 valence electrons. The smallest absolute Gasteiger partial charge is 0.144 e. The van der Waals surface area contributed by atoms with Crippen molar-refractivity contribution in [2.75, 3.05) is 5.32 Å². The molecule has 1 aromatic rings. The van der Waals surface area contributed by atoms with Gasteiger partial charge in [0.05, 0.1) is 24.4 Å². The Morgan fingerprint density at radius 3 is 2.94 bits per heavy atom. The van der Waals surface area contributed by atoms with Gasteiger partial charge in [-0.05, 0) is 20.3 Å². The molecule has 0 spiro atoms. The molecule has 5 nitrogen and oxygen atoms in total. The van der Waals surface area contributed by atoms with Crippen LogP contribution in [0.15, 0.2) is 18.6 Å². The molecule has 2 heterocycles. The SMILES string of the molecule is C[C@@H]1CC(Nc2cnccn2)C(O)[C@H](C)O1. The van der Waals surface area contributed by atoms with Gasteiger partial charge in [-0.3, -0.25) is 4.98 Å². The summed E-state index contributed by atoms with van der Waals surface area (Å²) in [6.07, 6.45) is 5.14. The van der Waals surface area contributed by atoms with Gasteiger partial charge in [0, 0.05) is 12.4 Å². The summed E-state index contributed by atoms with van der Waals surface area (Å²) in [5, 5.41) is 13.2. The third-order valence-corrected chi connectivity index (χ3v) is 2.82. The van der Waals surface area contributed by atoms with Crippen molar-refractivity contribution in [2.45, 2.75) is 44.6 Å². The third kappa shape index (κ3) is 2.48. The highest BCUT2D eigenvalue weighted by Gasteiger charge is 2.33. The maximum atomic E-state index is 9.98. The molecule has 0 saturated carbocycles. The molecular weight excluding hydrogens is 206 g/mol. The summed E-state index contributed by atoms with van der Waals surface area (Å²) in [5.74, 6) is 0.688. The average Bonchev–Trinajstić information content (AvgIpc) is 2.27. The minimum absolute atomic E-state index is 0.0320. The topological polar surface area (TPSA) is 67.3 Å². The minimum atomic E-state index is -0.516. The van der Waals surface area contributed by atoms with Crippen LogP contribution in [0.25, 0.3) is 0 Å². The Labute approximate surface area is 94.9 Å². The monoisotopic (exact) mass is 223 g/mol. The van der Waals surface area contributed by atoms with Crippen LogP contribution in [0.5, 0.6) is 0 Å². The highest BCUT2D eigenvalue weighted by molar-refractivity contribution is 5.32. The molecule has 2 rings (SSSR count). The molecule has 4 atom stereocenters. The summed E-state index contributed by atoms with van der Waals surface area (Å²) >= 11 is 0. The Balaban J connectivity index is 2.03. The first-order valence-electron chi connectivity index (χ1n) is 5.53. The van der Waals surface area contributed by atoms with Crippen molar-refractivity contribution < 1.29 is 9.84 Å². The number of anilines is 1. The Hall–Kier alpha value is -1.20. The molecule has 2 N–H and O–H groups in total. The Kier molecular flexibility index (Phi) is 3.36. The molecule has 0 amide bonds. The molecular formula is C11H17N3O2. The molecule has 1 fully saturated rings. The zero-order valence-corrected chi connectivity index (χ0v) is 9.50. The molecule has 0 aliphatic carbocycles. The Morgan fingerprint density at radius 2 is 2.25 bits per heavy atom. The first-order chi connectivity index (χ1) is 7.66. The normalized spacial score (nSPS) is 34.7. The van der Waals surface area contributed by atoms with Crippen LogP contribution in [0.4, 0.5) is 5.82 Å². The highest BCUT2D eigenvalue weighted by atomic mass is 16.5. The number of ether oxygens (including phenoxy) is 1. The quantitative estimate of drug-likeness (QED) is 0.776.